The van der Waals surface area contributed by atoms with Gasteiger partial charge in [0.15, 0.2) is 5.11 Å². The number of benzene rings is 3. The van der Waals surface area contributed by atoms with Crippen molar-refractivity contribution in [1.29, 1.82) is 0 Å². The molecule has 0 spiro atoms. The second-order valence-corrected chi connectivity index (χ2v) is 9.22. The zero-order valence-corrected chi connectivity index (χ0v) is 22.3. The molecular weight excluding hydrogens is 527 g/mol. The third-order valence-corrected chi connectivity index (χ3v) is 5.89. The topological polar surface area (TPSA) is 79.5 Å². The van der Waals surface area contributed by atoms with Crippen LogP contribution in [0.4, 0.5) is 24.5 Å². The van der Waals surface area contributed by atoms with E-state index in [1.165, 1.54) is 43.5 Å². The van der Waals surface area contributed by atoms with Gasteiger partial charge in [0.1, 0.15) is 5.75 Å². The Balaban J connectivity index is 1.51. The van der Waals surface area contributed by atoms with Crippen LogP contribution in [0.2, 0.25) is 0 Å². The second-order valence-electron chi connectivity index (χ2n) is 8.81. The van der Waals surface area contributed by atoms with E-state index in [4.69, 9.17) is 17.0 Å². The van der Waals surface area contributed by atoms with Crippen molar-refractivity contribution in [3.8, 4) is 5.75 Å². The number of hydrogen-bond acceptors (Lipinski definition) is 4. The first-order chi connectivity index (χ1) is 18.7. The third kappa shape index (κ3) is 9.72. The molecule has 0 saturated carbocycles. The van der Waals surface area contributed by atoms with Gasteiger partial charge in [0.2, 0.25) is 0 Å². The quantitative estimate of drug-likeness (QED) is 0.169. The normalized spacial score (nSPS) is 11.0. The van der Waals surface area contributed by atoms with Crippen LogP contribution in [-0.4, -0.2) is 23.5 Å². The average molecular weight is 558 g/mol. The zero-order chi connectivity index (χ0) is 28.3. The molecule has 39 heavy (non-hydrogen) atoms. The van der Waals surface area contributed by atoms with Crippen LogP contribution in [0, 0.1) is 0 Å². The van der Waals surface area contributed by atoms with Crippen LogP contribution >= 0.6 is 12.2 Å². The molecule has 3 N–H and O–H groups in total. The number of nitrogens with one attached hydrogen (secondary N) is 3. The van der Waals surface area contributed by atoms with E-state index < -0.39 is 23.6 Å². The molecule has 0 fully saturated rings. The number of carbonyl (C=O) groups excluding carboxylic acids is 2. The van der Waals surface area contributed by atoms with Gasteiger partial charge in [-0.1, -0.05) is 44.7 Å². The van der Waals surface area contributed by atoms with Gasteiger partial charge in [-0.2, -0.15) is 13.2 Å². The molecule has 0 aliphatic carbocycles. The van der Waals surface area contributed by atoms with Crippen molar-refractivity contribution in [2.45, 2.75) is 45.2 Å². The molecule has 0 unspecified atom stereocenters. The van der Waals surface area contributed by atoms with Crippen LogP contribution in [0.5, 0.6) is 5.75 Å². The van der Waals surface area contributed by atoms with Crippen LogP contribution in [0.1, 0.15) is 65.3 Å². The molecule has 0 bridgehead atoms. The van der Waals surface area contributed by atoms with Gasteiger partial charge >= 0.3 is 6.18 Å². The number of carbonyl (C=O) groups is 2. The second kappa shape index (κ2) is 14.3. The predicted octanol–water partition coefficient (Wildman–Crippen LogP) is 7.43. The maximum Gasteiger partial charge on any atom is 0.416 e. The Morgan fingerprint density at radius 2 is 1.46 bits per heavy atom. The molecule has 0 saturated heterocycles. The van der Waals surface area contributed by atoms with Crippen LogP contribution in [0.25, 0.3) is 0 Å². The summed E-state index contributed by atoms with van der Waals surface area (Å²) in [5.74, 6) is -0.337. The highest BCUT2D eigenvalue weighted by Crippen LogP contribution is 2.30. The number of rotatable bonds is 11. The molecule has 6 nitrogen and oxygen atoms in total. The zero-order valence-electron chi connectivity index (χ0n) is 21.4. The molecule has 10 heteroatoms. The van der Waals surface area contributed by atoms with Crippen molar-refractivity contribution >= 4 is 40.5 Å². The number of unbranched alkanes of at least 4 members (excludes halogenated alkanes) is 4. The largest absolute Gasteiger partial charge is 0.494 e. The third-order valence-electron chi connectivity index (χ3n) is 5.69. The minimum absolute atomic E-state index is 0.0133. The van der Waals surface area contributed by atoms with Crippen LogP contribution in [0.15, 0.2) is 72.8 Å². The monoisotopic (exact) mass is 557 g/mol. The van der Waals surface area contributed by atoms with Crippen molar-refractivity contribution in [2.75, 3.05) is 17.2 Å². The first-order valence-corrected chi connectivity index (χ1v) is 13.0. The molecule has 0 aromatic heterocycles. The standard InChI is InChI=1S/C29H30F3N3O3S/c1-2-3-4-5-6-17-38-25-15-13-20(14-16-25)26(36)35-28(39)34-23-11-7-9-21(18-23)27(37)33-24-12-8-10-22(19-24)29(30,31)32/h7-16,18-19H,2-6,17H2,1H3,(H,33,37)(H2,34,35,36,39). The highest BCUT2D eigenvalue weighted by Gasteiger charge is 2.30. The summed E-state index contributed by atoms with van der Waals surface area (Å²) in [6.45, 7) is 2.80. The van der Waals surface area contributed by atoms with E-state index >= 15 is 0 Å². The molecular formula is C29H30F3N3O3S. The predicted molar refractivity (Wildman–Crippen MR) is 150 cm³/mol. The smallest absolute Gasteiger partial charge is 0.416 e. The summed E-state index contributed by atoms with van der Waals surface area (Å²) in [6.07, 6.45) is 1.21. The average Bonchev–Trinajstić information content (AvgIpc) is 2.90. The fraction of sp³-hybridized carbons (Fsp3) is 0.276. The van der Waals surface area contributed by atoms with Crippen LogP contribution < -0.4 is 20.7 Å². The van der Waals surface area contributed by atoms with Crippen molar-refractivity contribution < 1.29 is 27.5 Å². The van der Waals surface area contributed by atoms with Gasteiger partial charge in [0.25, 0.3) is 11.8 Å². The van der Waals surface area contributed by atoms with E-state index in [1.54, 1.807) is 36.4 Å². The molecule has 0 radical (unpaired) electrons. The summed E-state index contributed by atoms with van der Waals surface area (Å²) >= 11 is 5.23. The first kappa shape index (κ1) is 29.6. The summed E-state index contributed by atoms with van der Waals surface area (Å²) in [5.41, 5.74) is 0.145. The Kier molecular flexibility index (Phi) is 10.9. The molecule has 2 amide bonds. The Bertz CT molecular complexity index is 1280. The minimum Gasteiger partial charge on any atom is -0.494 e. The number of anilines is 2. The maximum atomic E-state index is 12.9. The highest BCUT2D eigenvalue weighted by molar-refractivity contribution is 7.80. The van der Waals surface area contributed by atoms with E-state index in [0.717, 1.165) is 25.0 Å². The lowest BCUT2D eigenvalue weighted by atomic mass is 10.1. The Labute approximate surface area is 231 Å². The van der Waals surface area contributed by atoms with Gasteiger partial charge in [-0.25, -0.2) is 0 Å². The van der Waals surface area contributed by atoms with Gasteiger partial charge < -0.3 is 15.4 Å². The van der Waals surface area contributed by atoms with Gasteiger partial charge in [-0.05, 0) is 79.3 Å². The molecule has 3 aromatic rings. The molecule has 0 aliphatic rings. The van der Waals surface area contributed by atoms with Gasteiger partial charge in [-0.15, -0.1) is 0 Å². The lowest BCUT2D eigenvalue weighted by Crippen LogP contribution is -2.34. The molecule has 0 atom stereocenters. The maximum absolute atomic E-state index is 12.9. The Morgan fingerprint density at radius 3 is 2.15 bits per heavy atom. The summed E-state index contributed by atoms with van der Waals surface area (Å²) in [6, 6.07) is 17.3. The van der Waals surface area contributed by atoms with Crippen molar-refractivity contribution in [2.24, 2.45) is 0 Å². The van der Waals surface area contributed by atoms with Gasteiger partial charge in [-0.3, -0.25) is 14.9 Å². The van der Waals surface area contributed by atoms with Crippen molar-refractivity contribution in [3.05, 3.63) is 89.5 Å². The molecule has 3 rings (SSSR count). The molecule has 0 aliphatic heterocycles. The van der Waals surface area contributed by atoms with Gasteiger partial charge in [0, 0.05) is 22.5 Å². The van der Waals surface area contributed by atoms with Crippen molar-refractivity contribution in [3.63, 3.8) is 0 Å². The summed E-state index contributed by atoms with van der Waals surface area (Å²) in [5, 5.41) is 7.89. The van der Waals surface area contributed by atoms with E-state index in [-0.39, 0.29) is 16.4 Å². The minimum atomic E-state index is -4.52. The molecule has 3 aromatic carbocycles. The van der Waals surface area contributed by atoms with Crippen molar-refractivity contribution in [1.82, 2.24) is 5.32 Å². The van der Waals surface area contributed by atoms with Crippen LogP contribution in [-0.2, 0) is 6.18 Å². The van der Waals surface area contributed by atoms with E-state index in [9.17, 15) is 22.8 Å². The first-order valence-electron chi connectivity index (χ1n) is 12.6. The summed E-state index contributed by atoms with van der Waals surface area (Å²) in [7, 11) is 0. The number of alkyl halides is 3. The lowest BCUT2D eigenvalue weighted by Gasteiger charge is -2.12. The van der Waals surface area contributed by atoms with E-state index in [2.05, 4.69) is 22.9 Å². The number of amides is 2. The summed E-state index contributed by atoms with van der Waals surface area (Å²) in [4.78, 5) is 25.2. The van der Waals surface area contributed by atoms with E-state index in [1.807, 2.05) is 0 Å². The number of halogens is 3. The Hall–Kier alpha value is -3.92. The molecule has 0 heterocycles. The number of ether oxygens (including phenoxy) is 1. The van der Waals surface area contributed by atoms with E-state index in [0.29, 0.717) is 23.6 Å². The van der Waals surface area contributed by atoms with Gasteiger partial charge in [0.05, 0.1) is 12.2 Å². The SMILES string of the molecule is CCCCCCCOc1ccc(C(=O)NC(=S)Nc2cccc(C(=O)Nc3cccc(C(F)(F)F)c3)c2)cc1. The fourth-order valence-corrected chi connectivity index (χ4v) is 3.86. The summed E-state index contributed by atoms with van der Waals surface area (Å²) < 4.78 is 44.5. The number of hydrogen-bond donors (Lipinski definition) is 3. The number of thiocarbonyl (C=S) groups is 1. The van der Waals surface area contributed by atoms with Crippen LogP contribution in [0.3, 0.4) is 0 Å². The fourth-order valence-electron chi connectivity index (χ4n) is 3.65. The highest BCUT2D eigenvalue weighted by atomic mass is 32.1. The Morgan fingerprint density at radius 1 is 0.795 bits per heavy atom. The lowest BCUT2D eigenvalue weighted by molar-refractivity contribution is -0.137. The molecule has 206 valence electrons.